The van der Waals surface area contributed by atoms with E-state index in [4.69, 9.17) is 4.42 Å². The molecule has 3 aromatic heterocycles. The Bertz CT molecular complexity index is 1290. The maximum absolute atomic E-state index is 12.8. The van der Waals surface area contributed by atoms with Gasteiger partial charge in [-0.2, -0.15) is 18.3 Å². The summed E-state index contributed by atoms with van der Waals surface area (Å²) >= 11 is 0. The van der Waals surface area contributed by atoms with Crippen molar-refractivity contribution in [1.82, 2.24) is 18.9 Å². The van der Waals surface area contributed by atoms with E-state index >= 15 is 0 Å². The molecule has 4 aromatic rings. The normalized spacial score (nSPS) is 12.3. The Morgan fingerprint density at radius 3 is 2.63 bits per heavy atom. The molecule has 30 heavy (non-hydrogen) atoms. The number of halogens is 3. The average Bonchev–Trinajstić information content (AvgIpc) is 3.28. The van der Waals surface area contributed by atoms with E-state index in [0.29, 0.717) is 23.9 Å². The Morgan fingerprint density at radius 1 is 1.13 bits per heavy atom. The fourth-order valence-electron chi connectivity index (χ4n) is 3.56. The molecular weight excluding hydrogens is 401 g/mol. The minimum Gasteiger partial charge on any atom is -0.461 e. The lowest BCUT2D eigenvalue weighted by Crippen LogP contribution is -2.40. The number of fused-ring (bicyclic) bond motifs is 2. The highest BCUT2D eigenvalue weighted by atomic mass is 19.4. The monoisotopic (exact) mass is 420 g/mol. The van der Waals surface area contributed by atoms with E-state index in [0.717, 1.165) is 32.1 Å². The highest BCUT2D eigenvalue weighted by Gasteiger charge is 2.30. The number of para-hydroxylation sites is 1. The number of alkyl halides is 3. The Hall–Kier alpha value is -3.30. The molecule has 0 bridgehead atoms. The van der Waals surface area contributed by atoms with Crippen molar-refractivity contribution >= 4 is 22.0 Å². The minimum absolute atomic E-state index is 0.0766. The average molecular weight is 420 g/mol. The van der Waals surface area contributed by atoms with E-state index in [2.05, 4.69) is 5.10 Å². The van der Waals surface area contributed by atoms with Gasteiger partial charge in [0.15, 0.2) is 5.52 Å². The summed E-state index contributed by atoms with van der Waals surface area (Å²) in [5, 5.41) is 4.65. The van der Waals surface area contributed by atoms with Gasteiger partial charge in [-0.05, 0) is 25.0 Å². The molecule has 0 aliphatic carbocycles. The van der Waals surface area contributed by atoms with Crippen LogP contribution in [0.3, 0.4) is 0 Å². The zero-order valence-electron chi connectivity index (χ0n) is 16.1. The summed E-state index contributed by atoms with van der Waals surface area (Å²) in [5.74, 6) is 0.801. The van der Waals surface area contributed by atoms with Gasteiger partial charge in [0.2, 0.25) is 0 Å². The van der Waals surface area contributed by atoms with Gasteiger partial charge in [-0.1, -0.05) is 18.2 Å². The predicted octanol–water partition coefficient (Wildman–Crippen LogP) is 3.23. The molecule has 7 nitrogen and oxygen atoms in total. The molecule has 0 saturated heterocycles. The lowest BCUT2D eigenvalue weighted by Gasteiger charge is -2.11. The molecule has 0 N–H and O–H groups in total. The summed E-state index contributed by atoms with van der Waals surface area (Å²) in [4.78, 5) is 25.3. The lowest BCUT2D eigenvalue weighted by molar-refractivity contribution is -0.141. The third-order valence-corrected chi connectivity index (χ3v) is 5.01. The van der Waals surface area contributed by atoms with Gasteiger partial charge in [0.1, 0.15) is 17.9 Å². The third-order valence-electron chi connectivity index (χ3n) is 5.01. The van der Waals surface area contributed by atoms with Crippen molar-refractivity contribution in [2.45, 2.75) is 38.5 Å². The third kappa shape index (κ3) is 3.77. The smallest absolute Gasteiger partial charge is 0.408 e. The topological polar surface area (TPSA) is 75.0 Å². The van der Waals surface area contributed by atoms with Crippen LogP contribution in [0.2, 0.25) is 0 Å². The van der Waals surface area contributed by atoms with Crippen molar-refractivity contribution < 1.29 is 17.6 Å². The van der Waals surface area contributed by atoms with Crippen molar-refractivity contribution in [3.8, 4) is 0 Å². The SMILES string of the molecule is Cn1c(=O)n(CCCCc2cc3ccccc3o2)c(=O)c2c1cnn2CC(F)(F)F. The van der Waals surface area contributed by atoms with Crippen molar-refractivity contribution in [3.63, 3.8) is 0 Å². The second-order valence-electron chi connectivity index (χ2n) is 7.16. The molecule has 0 saturated carbocycles. The van der Waals surface area contributed by atoms with Gasteiger partial charge in [-0.25, -0.2) is 9.48 Å². The quantitative estimate of drug-likeness (QED) is 0.449. The molecule has 3 heterocycles. The highest BCUT2D eigenvalue weighted by molar-refractivity contribution is 5.77. The predicted molar refractivity (Wildman–Crippen MR) is 104 cm³/mol. The van der Waals surface area contributed by atoms with E-state index in [1.807, 2.05) is 30.3 Å². The van der Waals surface area contributed by atoms with Crippen LogP contribution < -0.4 is 11.2 Å². The first-order valence-electron chi connectivity index (χ1n) is 9.44. The summed E-state index contributed by atoms with van der Waals surface area (Å²) in [6.07, 6.45) is -1.66. The molecule has 0 amide bonds. The fraction of sp³-hybridized carbons (Fsp3) is 0.350. The molecule has 1 aromatic carbocycles. The number of aromatic nitrogens is 4. The van der Waals surface area contributed by atoms with Crippen LogP contribution >= 0.6 is 0 Å². The number of rotatable bonds is 6. The Morgan fingerprint density at radius 2 is 1.90 bits per heavy atom. The van der Waals surface area contributed by atoms with Crippen LogP contribution in [0.5, 0.6) is 0 Å². The van der Waals surface area contributed by atoms with Gasteiger partial charge < -0.3 is 4.42 Å². The number of hydrogen-bond donors (Lipinski definition) is 0. The van der Waals surface area contributed by atoms with Gasteiger partial charge in [0.05, 0.1) is 11.7 Å². The molecular formula is C20H19F3N4O3. The Balaban J connectivity index is 1.54. The van der Waals surface area contributed by atoms with Crippen LogP contribution in [0.4, 0.5) is 13.2 Å². The zero-order chi connectivity index (χ0) is 21.5. The molecule has 158 valence electrons. The van der Waals surface area contributed by atoms with Crippen LogP contribution in [0.1, 0.15) is 18.6 Å². The first-order valence-corrected chi connectivity index (χ1v) is 9.44. The highest BCUT2D eigenvalue weighted by Crippen LogP contribution is 2.21. The van der Waals surface area contributed by atoms with Gasteiger partial charge in [-0.15, -0.1) is 0 Å². The van der Waals surface area contributed by atoms with Crippen LogP contribution in [-0.2, 0) is 26.6 Å². The number of benzene rings is 1. The van der Waals surface area contributed by atoms with Crippen molar-refractivity contribution in [2.75, 3.05) is 0 Å². The van der Waals surface area contributed by atoms with Gasteiger partial charge in [0.25, 0.3) is 5.56 Å². The standard InChI is InChI=1S/C20H19F3N4O3/c1-25-15-11-24-27(12-20(21,22)23)17(15)18(28)26(19(25)29)9-5-4-7-14-10-13-6-2-3-8-16(13)30-14/h2-3,6,8,10-11H,4-5,7,9,12H2,1H3. The van der Waals surface area contributed by atoms with Crippen molar-refractivity contribution in [1.29, 1.82) is 0 Å². The second kappa shape index (κ2) is 7.51. The molecule has 0 unspecified atom stereocenters. The first-order chi connectivity index (χ1) is 14.2. The number of nitrogens with zero attached hydrogens (tertiary/aromatic N) is 4. The number of hydrogen-bond acceptors (Lipinski definition) is 4. The van der Waals surface area contributed by atoms with E-state index < -0.39 is 24.0 Å². The van der Waals surface area contributed by atoms with Crippen LogP contribution in [0.15, 0.2) is 50.5 Å². The summed E-state index contributed by atoms with van der Waals surface area (Å²) in [6.45, 7) is -1.30. The van der Waals surface area contributed by atoms with Crippen molar-refractivity contribution in [3.05, 3.63) is 63.1 Å². The lowest BCUT2D eigenvalue weighted by atomic mass is 10.2. The van der Waals surface area contributed by atoms with E-state index in [9.17, 15) is 22.8 Å². The maximum Gasteiger partial charge on any atom is 0.408 e. The summed E-state index contributed by atoms with van der Waals surface area (Å²) in [5.41, 5.74) is -0.707. The molecule has 0 aliphatic heterocycles. The second-order valence-corrected chi connectivity index (χ2v) is 7.16. The van der Waals surface area contributed by atoms with E-state index in [1.165, 1.54) is 7.05 Å². The number of furan rings is 1. The fourth-order valence-corrected chi connectivity index (χ4v) is 3.56. The van der Waals surface area contributed by atoms with Crippen LogP contribution in [0, 0.1) is 0 Å². The van der Waals surface area contributed by atoms with Gasteiger partial charge >= 0.3 is 11.9 Å². The summed E-state index contributed by atoms with van der Waals surface area (Å²) in [7, 11) is 1.41. The molecule has 4 rings (SSSR count). The minimum atomic E-state index is -4.53. The maximum atomic E-state index is 12.8. The number of aryl methyl sites for hydroxylation is 2. The Kier molecular flexibility index (Phi) is 5.00. The van der Waals surface area contributed by atoms with Crippen LogP contribution in [0.25, 0.3) is 22.0 Å². The van der Waals surface area contributed by atoms with Crippen molar-refractivity contribution in [2.24, 2.45) is 7.05 Å². The van der Waals surface area contributed by atoms with E-state index in [1.54, 1.807) is 0 Å². The zero-order valence-corrected chi connectivity index (χ0v) is 16.1. The first kappa shape index (κ1) is 20.0. The molecule has 0 aliphatic rings. The van der Waals surface area contributed by atoms with Gasteiger partial charge in [-0.3, -0.25) is 13.9 Å². The molecule has 0 fully saturated rings. The molecule has 0 radical (unpaired) electrons. The summed E-state index contributed by atoms with van der Waals surface area (Å²) < 4.78 is 46.9. The largest absolute Gasteiger partial charge is 0.461 e. The van der Waals surface area contributed by atoms with Gasteiger partial charge in [0, 0.05) is 25.4 Å². The van der Waals surface area contributed by atoms with E-state index in [-0.39, 0.29) is 17.6 Å². The number of unbranched alkanes of at least 4 members (excludes halogenated alkanes) is 1. The molecule has 0 spiro atoms. The summed E-state index contributed by atoms with van der Waals surface area (Å²) in [6, 6.07) is 9.58. The Labute approximate surface area is 167 Å². The molecule has 0 atom stereocenters. The van der Waals surface area contributed by atoms with Crippen LogP contribution in [-0.4, -0.2) is 25.1 Å². The molecule has 10 heteroatoms.